The van der Waals surface area contributed by atoms with Crippen molar-refractivity contribution >= 4 is 0 Å². The molecule has 20 heavy (non-hydrogen) atoms. The molecule has 0 aromatic heterocycles. The van der Waals surface area contributed by atoms with Crippen molar-refractivity contribution < 1.29 is 14.1 Å². The first-order valence-corrected chi connectivity index (χ1v) is 8.75. The summed E-state index contributed by atoms with van der Waals surface area (Å²) in [4.78, 5) is 0. The molecule has 3 heteroatoms. The molecule has 1 N–H and O–H groups in total. The lowest BCUT2D eigenvalue weighted by atomic mass is 9.82. The Morgan fingerprint density at radius 3 is 2.05 bits per heavy atom. The fraction of sp³-hybridized carbons (Fsp3) is 1.00. The summed E-state index contributed by atoms with van der Waals surface area (Å²) in [5.74, 6) is 1.89. The second kappa shape index (κ2) is 6.33. The molecule has 2 fully saturated rings. The van der Waals surface area contributed by atoms with Gasteiger partial charge in [0.1, 0.15) is 13.1 Å². The highest BCUT2D eigenvalue weighted by atomic mass is 16.3. The van der Waals surface area contributed by atoms with Gasteiger partial charge in [0.2, 0.25) is 0 Å². The molecule has 1 saturated carbocycles. The van der Waals surface area contributed by atoms with E-state index in [-0.39, 0.29) is 6.10 Å². The molecule has 0 amide bonds. The smallest absolute Gasteiger partial charge is 0.152 e. The van der Waals surface area contributed by atoms with Gasteiger partial charge in [-0.2, -0.15) is 0 Å². The van der Waals surface area contributed by atoms with Gasteiger partial charge in [0, 0.05) is 11.8 Å². The maximum atomic E-state index is 10.6. The molecule has 2 aliphatic rings. The van der Waals surface area contributed by atoms with Crippen LogP contribution < -0.4 is 0 Å². The van der Waals surface area contributed by atoms with Crippen LogP contribution in [0.5, 0.6) is 0 Å². The second-order valence-electron chi connectivity index (χ2n) is 8.06. The van der Waals surface area contributed by atoms with Crippen LogP contribution in [0.15, 0.2) is 0 Å². The molecule has 0 bridgehead atoms. The monoisotopic (exact) mass is 284 g/mol. The Bertz CT molecular complexity index is 300. The zero-order valence-electron chi connectivity index (χ0n) is 14.1. The van der Waals surface area contributed by atoms with E-state index in [9.17, 15) is 5.11 Å². The Hall–Kier alpha value is -0.120. The summed E-state index contributed by atoms with van der Waals surface area (Å²) in [6.45, 7) is 11.2. The second-order valence-corrected chi connectivity index (χ2v) is 8.06. The molecule has 0 spiro atoms. The molecule has 118 valence electrons. The first kappa shape index (κ1) is 16.3. The van der Waals surface area contributed by atoms with Crippen LogP contribution in [0.25, 0.3) is 0 Å². The summed E-state index contributed by atoms with van der Waals surface area (Å²) in [6.07, 6.45) is 5.60. The molecular formula is C17H36N2O+2. The van der Waals surface area contributed by atoms with E-state index in [1.165, 1.54) is 38.8 Å². The predicted octanol–water partition coefficient (Wildman–Crippen LogP) is 2.10. The van der Waals surface area contributed by atoms with E-state index in [2.05, 4.69) is 27.9 Å². The van der Waals surface area contributed by atoms with E-state index in [0.29, 0.717) is 0 Å². The summed E-state index contributed by atoms with van der Waals surface area (Å²) >= 11 is 0. The van der Waals surface area contributed by atoms with Crippen LogP contribution in [-0.4, -0.2) is 73.5 Å². The van der Waals surface area contributed by atoms with Gasteiger partial charge in [-0.25, -0.2) is 0 Å². The number of aliphatic hydroxyl groups excluding tert-OH is 1. The summed E-state index contributed by atoms with van der Waals surface area (Å²) in [7, 11) is 4.65. The van der Waals surface area contributed by atoms with Crippen molar-refractivity contribution in [1.29, 1.82) is 0 Å². The van der Waals surface area contributed by atoms with Crippen LogP contribution in [0.1, 0.15) is 39.5 Å². The van der Waals surface area contributed by atoms with Crippen LogP contribution >= 0.6 is 0 Å². The molecular weight excluding hydrogens is 248 g/mol. The van der Waals surface area contributed by atoms with Crippen molar-refractivity contribution in [3.05, 3.63) is 0 Å². The Morgan fingerprint density at radius 1 is 1.10 bits per heavy atom. The summed E-state index contributed by atoms with van der Waals surface area (Å²) < 4.78 is 2.11. The number of nitrogens with zero attached hydrogens (tertiary/aromatic N) is 2. The van der Waals surface area contributed by atoms with Crippen molar-refractivity contribution in [2.45, 2.75) is 45.6 Å². The number of aliphatic hydroxyl groups is 1. The molecule has 3 unspecified atom stereocenters. The minimum absolute atomic E-state index is 0.148. The van der Waals surface area contributed by atoms with Crippen molar-refractivity contribution in [2.24, 2.45) is 11.8 Å². The third-order valence-corrected chi connectivity index (χ3v) is 6.25. The average Bonchev–Trinajstić information content (AvgIpc) is 2.73. The molecule has 3 atom stereocenters. The lowest BCUT2D eigenvalue weighted by Crippen LogP contribution is -2.54. The standard InChI is InChI=1S/C17H36N2O/c1-5-18(3,6-2)13-17(20)14-19(4)11-15-9-7-8-10-16(15)12-19/h15-17,20H,5-14H2,1-4H3/q+2. The highest BCUT2D eigenvalue weighted by Gasteiger charge is 2.44. The SMILES string of the molecule is CC[N+](C)(CC)CC(O)C[N+]1(C)CC2CCCCC2C1. The summed E-state index contributed by atoms with van der Waals surface area (Å²) in [5, 5.41) is 10.6. The highest BCUT2D eigenvalue weighted by molar-refractivity contribution is 4.80. The number of hydrogen-bond donors (Lipinski definition) is 1. The van der Waals surface area contributed by atoms with Crippen LogP contribution in [0.4, 0.5) is 0 Å². The minimum Gasteiger partial charge on any atom is -0.382 e. The molecule has 1 aliphatic heterocycles. The quantitative estimate of drug-likeness (QED) is 0.741. The number of quaternary nitrogens is 2. The van der Waals surface area contributed by atoms with E-state index in [0.717, 1.165) is 47.0 Å². The normalized spacial score (nSPS) is 35.9. The molecule has 0 aromatic rings. The maximum Gasteiger partial charge on any atom is 0.152 e. The predicted molar refractivity (Wildman–Crippen MR) is 84.4 cm³/mol. The topological polar surface area (TPSA) is 20.2 Å². The van der Waals surface area contributed by atoms with E-state index >= 15 is 0 Å². The van der Waals surface area contributed by atoms with Gasteiger partial charge in [-0.05, 0) is 26.7 Å². The third-order valence-electron chi connectivity index (χ3n) is 6.25. The number of rotatable bonds is 6. The van der Waals surface area contributed by atoms with Gasteiger partial charge in [0.05, 0.1) is 40.3 Å². The van der Waals surface area contributed by atoms with Crippen molar-refractivity contribution in [3.8, 4) is 0 Å². The van der Waals surface area contributed by atoms with Crippen LogP contribution in [0.2, 0.25) is 0 Å². The average molecular weight is 284 g/mol. The number of hydrogen-bond acceptors (Lipinski definition) is 1. The fourth-order valence-corrected chi connectivity index (χ4v) is 4.68. The molecule has 1 aliphatic carbocycles. The molecule has 1 saturated heterocycles. The van der Waals surface area contributed by atoms with E-state index in [1.54, 1.807) is 0 Å². The third kappa shape index (κ3) is 3.75. The minimum atomic E-state index is -0.148. The summed E-state index contributed by atoms with van der Waals surface area (Å²) in [5.41, 5.74) is 0. The molecule has 1 heterocycles. The van der Waals surface area contributed by atoms with Gasteiger partial charge in [-0.3, -0.25) is 0 Å². The van der Waals surface area contributed by atoms with Crippen molar-refractivity contribution in [2.75, 3.05) is 53.4 Å². The summed E-state index contributed by atoms with van der Waals surface area (Å²) in [6, 6.07) is 0. The van der Waals surface area contributed by atoms with Gasteiger partial charge in [-0.1, -0.05) is 12.8 Å². The van der Waals surface area contributed by atoms with Crippen molar-refractivity contribution in [1.82, 2.24) is 0 Å². The Morgan fingerprint density at radius 2 is 1.60 bits per heavy atom. The maximum absolute atomic E-state index is 10.6. The van der Waals surface area contributed by atoms with Gasteiger partial charge in [0.25, 0.3) is 0 Å². The lowest BCUT2D eigenvalue weighted by Gasteiger charge is -2.37. The van der Waals surface area contributed by atoms with Gasteiger partial charge >= 0.3 is 0 Å². The van der Waals surface area contributed by atoms with E-state index < -0.39 is 0 Å². The molecule has 2 rings (SSSR count). The number of fused-ring (bicyclic) bond motifs is 1. The zero-order valence-corrected chi connectivity index (χ0v) is 14.1. The number of likely N-dealkylation sites (tertiary alicyclic amines) is 1. The van der Waals surface area contributed by atoms with Crippen molar-refractivity contribution in [3.63, 3.8) is 0 Å². The lowest BCUT2D eigenvalue weighted by molar-refractivity contribution is -0.927. The van der Waals surface area contributed by atoms with Crippen LogP contribution in [0, 0.1) is 11.8 Å². The first-order valence-electron chi connectivity index (χ1n) is 8.75. The van der Waals surface area contributed by atoms with Gasteiger partial charge in [0.15, 0.2) is 6.10 Å². The largest absolute Gasteiger partial charge is 0.382 e. The van der Waals surface area contributed by atoms with Gasteiger partial charge in [-0.15, -0.1) is 0 Å². The molecule has 0 radical (unpaired) electrons. The highest BCUT2D eigenvalue weighted by Crippen LogP contribution is 2.39. The fourth-order valence-electron chi connectivity index (χ4n) is 4.68. The zero-order chi connectivity index (χ0) is 14.8. The Labute approximate surface area is 125 Å². The molecule has 3 nitrogen and oxygen atoms in total. The van der Waals surface area contributed by atoms with Gasteiger partial charge < -0.3 is 14.1 Å². The van der Waals surface area contributed by atoms with E-state index in [4.69, 9.17) is 0 Å². The van der Waals surface area contributed by atoms with Crippen LogP contribution in [0.3, 0.4) is 0 Å². The van der Waals surface area contributed by atoms with Crippen LogP contribution in [-0.2, 0) is 0 Å². The first-order chi connectivity index (χ1) is 9.40. The Kier molecular flexibility index (Phi) is 5.14. The van der Waals surface area contributed by atoms with E-state index in [1.807, 2.05) is 0 Å². The molecule has 0 aromatic carbocycles. The Balaban J connectivity index is 1.89. The number of likely N-dealkylation sites (N-methyl/N-ethyl adjacent to an activating group) is 2.